The lowest BCUT2D eigenvalue weighted by Gasteiger charge is -2.19. The van der Waals surface area contributed by atoms with Gasteiger partial charge in [-0.05, 0) is 24.1 Å². The highest BCUT2D eigenvalue weighted by Gasteiger charge is 2.20. The molecule has 0 amide bonds. The van der Waals surface area contributed by atoms with Crippen molar-refractivity contribution in [3.63, 3.8) is 0 Å². The normalized spacial score (nSPS) is 14.6. The summed E-state index contributed by atoms with van der Waals surface area (Å²) in [4.78, 5) is 34.2. The fraction of sp³-hybridized carbons (Fsp3) is 0.182. The van der Waals surface area contributed by atoms with Gasteiger partial charge in [0.1, 0.15) is 5.82 Å². The summed E-state index contributed by atoms with van der Waals surface area (Å²) in [6.45, 7) is -0.745. The van der Waals surface area contributed by atoms with E-state index in [4.69, 9.17) is 17.4 Å². The summed E-state index contributed by atoms with van der Waals surface area (Å²) < 4.78 is 43.5. The Hall–Kier alpha value is -3.68. The molecular weight excluding hydrogens is 519 g/mol. The first-order chi connectivity index (χ1) is 17.1. The van der Waals surface area contributed by atoms with Crippen molar-refractivity contribution in [2.75, 3.05) is 12.4 Å². The molecular formula is C22H19ClF3N7O2S. The Labute approximate surface area is 211 Å². The van der Waals surface area contributed by atoms with Gasteiger partial charge in [0, 0.05) is 30.3 Å². The van der Waals surface area contributed by atoms with E-state index in [0.29, 0.717) is 29.9 Å². The molecule has 4 rings (SSSR count). The number of hydrogen-bond acceptors (Lipinski definition) is 8. The Bertz CT molecular complexity index is 1510. The topological polar surface area (TPSA) is 111 Å². The third-order valence-corrected chi connectivity index (χ3v) is 6.08. The van der Waals surface area contributed by atoms with E-state index in [-0.39, 0.29) is 23.1 Å². The number of thiazole rings is 1. The summed E-state index contributed by atoms with van der Waals surface area (Å²) >= 11 is 7.59. The quantitative estimate of drug-likeness (QED) is 0.271. The predicted octanol–water partition coefficient (Wildman–Crippen LogP) is 2.89. The second kappa shape index (κ2) is 10.5. The highest BCUT2D eigenvalue weighted by molar-refractivity contribution is 7.07. The molecule has 1 aromatic carbocycles. The van der Waals surface area contributed by atoms with E-state index in [1.807, 2.05) is 0 Å². The Morgan fingerprint density at radius 1 is 1.19 bits per heavy atom. The number of benzene rings is 1. The van der Waals surface area contributed by atoms with Crippen LogP contribution >= 0.6 is 22.9 Å². The fourth-order valence-corrected chi connectivity index (χ4v) is 4.16. The van der Waals surface area contributed by atoms with Gasteiger partial charge >= 0.3 is 11.4 Å². The minimum atomic E-state index is -1.37. The van der Waals surface area contributed by atoms with Gasteiger partial charge in [-0.15, -0.1) is 11.3 Å². The van der Waals surface area contributed by atoms with Gasteiger partial charge in [-0.3, -0.25) is 4.57 Å². The average Bonchev–Trinajstić information content (AvgIpc) is 3.32. The Kier molecular flexibility index (Phi) is 7.43. The fourth-order valence-electron chi connectivity index (χ4n) is 3.43. The number of allylic oxidation sites excluding steroid dienone is 4. The summed E-state index contributed by atoms with van der Waals surface area (Å²) in [5.41, 5.74) is 0.920. The van der Waals surface area contributed by atoms with Gasteiger partial charge < -0.3 is 10.3 Å². The van der Waals surface area contributed by atoms with Crippen LogP contribution in [0.1, 0.15) is 17.7 Å². The SMILES string of the molecule is CN(N)/C=C1/C=C(Nc2nc(=O)n(Cc3cscn3)c(=O)n2Cc2cc(F)c(F)cc2F)C(Cl)=CC1. The molecule has 1 aliphatic carbocycles. The smallest absolute Gasteiger partial charge is 0.324 e. The van der Waals surface area contributed by atoms with Crippen LogP contribution in [0.25, 0.3) is 0 Å². The van der Waals surface area contributed by atoms with E-state index in [2.05, 4.69) is 15.3 Å². The Balaban J connectivity index is 1.83. The van der Waals surface area contributed by atoms with Crippen LogP contribution in [0.5, 0.6) is 0 Å². The summed E-state index contributed by atoms with van der Waals surface area (Å²) in [6.07, 6.45) is 5.44. The maximum atomic E-state index is 14.5. The first-order valence-corrected chi connectivity index (χ1v) is 11.7. The number of nitrogens with zero attached hydrogens (tertiary/aromatic N) is 5. The van der Waals surface area contributed by atoms with Gasteiger partial charge in [-0.2, -0.15) is 4.98 Å². The number of rotatable bonds is 7. The van der Waals surface area contributed by atoms with Crippen molar-refractivity contribution in [2.24, 2.45) is 5.84 Å². The lowest BCUT2D eigenvalue weighted by atomic mass is 10.1. The van der Waals surface area contributed by atoms with Crippen LogP contribution in [0.3, 0.4) is 0 Å². The van der Waals surface area contributed by atoms with Gasteiger partial charge in [-0.1, -0.05) is 17.7 Å². The first-order valence-electron chi connectivity index (χ1n) is 10.4. The monoisotopic (exact) mass is 537 g/mol. The van der Waals surface area contributed by atoms with Crippen LogP contribution < -0.4 is 22.5 Å². The zero-order valence-corrected chi connectivity index (χ0v) is 20.3. The lowest BCUT2D eigenvalue weighted by Crippen LogP contribution is -2.43. The number of anilines is 1. The highest BCUT2D eigenvalue weighted by Crippen LogP contribution is 2.26. The molecule has 3 aromatic rings. The molecule has 36 heavy (non-hydrogen) atoms. The van der Waals surface area contributed by atoms with E-state index in [1.165, 1.54) is 21.9 Å². The minimum Gasteiger partial charge on any atom is -0.324 e. The van der Waals surface area contributed by atoms with Crippen molar-refractivity contribution in [3.05, 3.63) is 107 Å². The van der Waals surface area contributed by atoms with Crippen LogP contribution in [-0.2, 0) is 13.1 Å². The van der Waals surface area contributed by atoms with Crippen LogP contribution in [0.15, 0.2) is 67.3 Å². The molecule has 0 fully saturated rings. The second-order valence-corrected chi connectivity index (χ2v) is 8.94. The van der Waals surface area contributed by atoms with Crippen molar-refractivity contribution in [1.82, 2.24) is 24.1 Å². The molecule has 1 aliphatic rings. The Morgan fingerprint density at radius 2 is 1.94 bits per heavy atom. The van der Waals surface area contributed by atoms with Gasteiger partial charge in [0.15, 0.2) is 11.6 Å². The van der Waals surface area contributed by atoms with Gasteiger partial charge in [0.05, 0.1) is 35.0 Å². The van der Waals surface area contributed by atoms with E-state index in [9.17, 15) is 22.8 Å². The van der Waals surface area contributed by atoms with E-state index in [0.717, 1.165) is 14.7 Å². The molecule has 0 atom stereocenters. The Morgan fingerprint density at radius 3 is 2.64 bits per heavy atom. The lowest BCUT2D eigenvalue weighted by molar-refractivity contribution is 0.481. The van der Waals surface area contributed by atoms with Crippen LogP contribution in [0.4, 0.5) is 19.1 Å². The number of hydrogen-bond donors (Lipinski definition) is 2. The summed E-state index contributed by atoms with van der Waals surface area (Å²) in [5.74, 6) is 1.66. The highest BCUT2D eigenvalue weighted by atomic mass is 35.5. The maximum Gasteiger partial charge on any atom is 0.355 e. The molecule has 0 radical (unpaired) electrons. The zero-order chi connectivity index (χ0) is 26.0. The van der Waals surface area contributed by atoms with Gasteiger partial charge in [-0.25, -0.2) is 38.2 Å². The molecule has 0 saturated carbocycles. The third-order valence-electron chi connectivity index (χ3n) is 5.09. The molecule has 2 aromatic heterocycles. The molecule has 9 nitrogen and oxygen atoms in total. The molecule has 0 saturated heterocycles. The second-order valence-electron chi connectivity index (χ2n) is 7.82. The number of hydrazine groups is 1. The van der Waals surface area contributed by atoms with Gasteiger partial charge in [0.25, 0.3) is 0 Å². The number of nitrogens with two attached hydrogens (primary N) is 1. The van der Waals surface area contributed by atoms with E-state index in [1.54, 1.807) is 30.8 Å². The molecule has 0 spiro atoms. The zero-order valence-electron chi connectivity index (χ0n) is 18.7. The maximum absolute atomic E-state index is 14.5. The molecule has 14 heteroatoms. The van der Waals surface area contributed by atoms with Crippen molar-refractivity contribution >= 4 is 28.9 Å². The van der Waals surface area contributed by atoms with Crippen molar-refractivity contribution in [1.29, 1.82) is 0 Å². The minimum absolute atomic E-state index is 0.187. The average molecular weight is 538 g/mol. The van der Waals surface area contributed by atoms with Crippen molar-refractivity contribution in [2.45, 2.75) is 19.5 Å². The molecule has 0 unspecified atom stereocenters. The number of aromatic nitrogens is 4. The van der Waals surface area contributed by atoms with Crippen LogP contribution in [-0.4, -0.2) is 31.2 Å². The van der Waals surface area contributed by atoms with Crippen LogP contribution in [0, 0.1) is 17.5 Å². The molecule has 3 N–H and O–H groups in total. The standard InChI is InChI=1S/C22H19ClF3N7O2S/c1-31(27)7-12-2-3-15(23)19(4-12)29-20-30-21(34)33(9-14-10-36-11-28-14)22(35)32(20)8-13-5-17(25)18(26)6-16(13)24/h3-7,10-11H,2,8-9,27H2,1H3,(H,29,30,34)/b12-7+. The first kappa shape index (κ1) is 25.4. The van der Waals surface area contributed by atoms with E-state index < -0.39 is 35.4 Å². The van der Waals surface area contributed by atoms with E-state index >= 15 is 0 Å². The third kappa shape index (κ3) is 5.58. The molecule has 2 heterocycles. The van der Waals surface area contributed by atoms with Crippen LogP contribution in [0.2, 0.25) is 0 Å². The van der Waals surface area contributed by atoms with Gasteiger partial charge in [0.2, 0.25) is 5.95 Å². The summed E-state index contributed by atoms with van der Waals surface area (Å²) in [5, 5.41) is 6.10. The summed E-state index contributed by atoms with van der Waals surface area (Å²) in [6, 6.07) is 1.02. The molecule has 0 bridgehead atoms. The molecule has 188 valence electrons. The molecule has 0 aliphatic heterocycles. The number of halogens is 4. The van der Waals surface area contributed by atoms with Crippen molar-refractivity contribution in [3.8, 4) is 0 Å². The number of nitrogens with one attached hydrogen (secondary N) is 1. The predicted molar refractivity (Wildman–Crippen MR) is 130 cm³/mol. The summed E-state index contributed by atoms with van der Waals surface area (Å²) in [7, 11) is 1.63. The largest absolute Gasteiger partial charge is 0.355 e. The van der Waals surface area contributed by atoms with Crippen molar-refractivity contribution < 1.29 is 13.2 Å².